The summed E-state index contributed by atoms with van der Waals surface area (Å²) in [5, 5.41) is 11.1. The molecule has 19 heavy (non-hydrogen) atoms. The zero-order valence-corrected chi connectivity index (χ0v) is 10.9. The second kappa shape index (κ2) is 5.23. The molecular formula is C12H7BrFNO4. The van der Waals surface area contributed by atoms with Gasteiger partial charge in [-0.05, 0) is 46.3 Å². The summed E-state index contributed by atoms with van der Waals surface area (Å²) < 4.78 is 18.1. The highest BCUT2D eigenvalue weighted by Gasteiger charge is 2.15. The Balaban J connectivity index is 2.18. The van der Waals surface area contributed by atoms with Gasteiger partial charge in [-0.15, -0.1) is 0 Å². The van der Waals surface area contributed by atoms with Crippen LogP contribution in [0.2, 0.25) is 0 Å². The maximum absolute atomic E-state index is 12.9. The third-order valence-corrected chi connectivity index (χ3v) is 2.88. The van der Waals surface area contributed by atoms with Gasteiger partial charge in [-0.3, -0.25) is 4.79 Å². The number of hydrogen-bond donors (Lipinski definition) is 2. The molecule has 0 aliphatic carbocycles. The summed E-state index contributed by atoms with van der Waals surface area (Å²) in [6.45, 7) is 0. The lowest BCUT2D eigenvalue weighted by atomic mass is 10.3. The zero-order chi connectivity index (χ0) is 14.0. The van der Waals surface area contributed by atoms with E-state index in [1.807, 2.05) is 0 Å². The Morgan fingerprint density at radius 2 is 1.89 bits per heavy atom. The number of carbonyl (C=O) groups is 2. The van der Waals surface area contributed by atoms with Crippen LogP contribution in [0, 0.1) is 5.82 Å². The van der Waals surface area contributed by atoms with Crippen LogP contribution in [0.5, 0.6) is 0 Å². The topological polar surface area (TPSA) is 79.5 Å². The largest absolute Gasteiger partial charge is 0.475 e. The van der Waals surface area contributed by atoms with Gasteiger partial charge < -0.3 is 14.8 Å². The average molecular weight is 328 g/mol. The van der Waals surface area contributed by atoms with Crippen LogP contribution in [0.3, 0.4) is 0 Å². The van der Waals surface area contributed by atoms with Crippen molar-refractivity contribution in [3.63, 3.8) is 0 Å². The van der Waals surface area contributed by atoms with Crippen molar-refractivity contribution in [2.75, 3.05) is 5.32 Å². The number of furan rings is 1. The second-order valence-corrected chi connectivity index (χ2v) is 4.40. The van der Waals surface area contributed by atoms with Crippen LogP contribution >= 0.6 is 15.9 Å². The summed E-state index contributed by atoms with van der Waals surface area (Å²) in [6, 6.07) is 6.18. The molecule has 2 rings (SSSR count). The van der Waals surface area contributed by atoms with Crippen LogP contribution < -0.4 is 5.32 Å². The summed E-state index contributed by atoms with van der Waals surface area (Å²) in [5.74, 6) is -2.81. The van der Waals surface area contributed by atoms with Crippen molar-refractivity contribution < 1.29 is 23.5 Å². The molecular weight excluding hydrogens is 321 g/mol. The fraction of sp³-hybridized carbons (Fsp3) is 0. The molecule has 0 saturated heterocycles. The van der Waals surface area contributed by atoms with E-state index in [-0.39, 0.29) is 11.5 Å². The summed E-state index contributed by atoms with van der Waals surface area (Å²) >= 11 is 3.10. The molecule has 7 heteroatoms. The van der Waals surface area contributed by atoms with Gasteiger partial charge in [-0.2, -0.15) is 0 Å². The fourth-order valence-electron chi connectivity index (χ4n) is 1.35. The third-order valence-electron chi connectivity index (χ3n) is 2.22. The van der Waals surface area contributed by atoms with Crippen molar-refractivity contribution in [2.24, 2.45) is 0 Å². The standard InChI is InChI=1S/C12H7BrFNO4/c13-7-5-6(14)1-2-8(7)15-11(16)9-3-4-10(19-9)12(17)18/h1-5H,(H,15,16)(H,17,18). The minimum Gasteiger partial charge on any atom is -0.475 e. The Morgan fingerprint density at radius 1 is 1.21 bits per heavy atom. The molecule has 0 radical (unpaired) electrons. The van der Waals surface area contributed by atoms with Gasteiger partial charge in [-0.1, -0.05) is 0 Å². The highest BCUT2D eigenvalue weighted by molar-refractivity contribution is 9.10. The van der Waals surface area contributed by atoms with E-state index in [2.05, 4.69) is 21.2 Å². The van der Waals surface area contributed by atoms with Crippen molar-refractivity contribution in [3.05, 3.63) is 52.1 Å². The van der Waals surface area contributed by atoms with Crippen LogP contribution in [0.4, 0.5) is 10.1 Å². The molecule has 5 nitrogen and oxygen atoms in total. The number of rotatable bonds is 3. The van der Waals surface area contributed by atoms with Crippen molar-refractivity contribution in [1.29, 1.82) is 0 Å². The fourth-order valence-corrected chi connectivity index (χ4v) is 1.80. The van der Waals surface area contributed by atoms with Gasteiger partial charge in [0.2, 0.25) is 5.76 Å². The number of halogens is 2. The Labute approximate surface area is 115 Å². The van der Waals surface area contributed by atoms with Crippen molar-refractivity contribution >= 4 is 33.5 Å². The lowest BCUT2D eigenvalue weighted by Crippen LogP contribution is -2.11. The number of benzene rings is 1. The second-order valence-electron chi connectivity index (χ2n) is 3.55. The van der Waals surface area contributed by atoms with E-state index in [9.17, 15) is 14.0 Å². The molecule has 1 aromatic carbocycles. The van der Waals surface area contributed by atoms with E-state index in [1.54, 1.807) is 0 Å². The SMILES string of the molecule is O=C(O)c1ccc(C(=O)Nc2ccc(F)cc2Br)o1. The smallest absolute Gasteiger partial charge is 0.371 e. The van der Waals surface area contributed by atoms with E-state index < -0.39 is 17.7 Å². The Morgan fingerprint density at radius 3 is 2.47 bits per heavy atom. The van der Waals surface area contributed by atoms with Crippen molar-refractivity contribution in [3.8, 4) is 0 Å². The van der Waals surface area contributed by atoms with Crippen molar-refractivity contribution in [1.82, 2.24) is 0 Å². The Kier molecular flexibility index (Phi) is 3.66. The summed E-state index contributed by atoms with van der Waals surface area (Å²) in [4.78, 5) is 22.4. The Hall–Kier alpha value is -2.15. The van der Waals surface area contributed by atoms with Gasteiger partial charge in [0.15, 0.2) is 5.76 Å². The number of nitrogens with one attached hydrogen (secondary N) is 1. The van der Waals surface area contributed by atoms with Gasteiger partial charge in [0.25, 0.3) is 5.91 Å². The molecule has 0 aliphatic rings. The van der Waals surface area contributed by atoms with E-state index >= 15 is 0 Å². The van der Waals surface area contributed by atoms with E-state index in [0.717, 1.165) is 0 Å². The van der Waals surface area contributed by atoms with Gasteiger partial charge in [0.05, 0.1) is 5.69 Å². The molecule has 2 N–H and O–H groups in total. The first-order valence-electron chi connectivity index (χ1n) is 5.07. The summed E-state index contributed by atoms with van der Waals surface area (Å²) in [6.07, 6.45) is 0. The Bertz CT molecular complexity index is 653. The van der Waals surface area contributed by atoms with Gasteiger partial charge in [0.1, 0.15) is 5.82 Å². The number of aromatic carboxylic acids is 1. The number of hydrogen-bond acceptors (Lipinski definition) is 3. The van der Waals surface area contributed by atoms with E-state index in [0.29, 0.717) is 10.2 Å². The number of carboxylic acid groups (broad SMARTS) is 1. The lowest BCUT2D eigenvalue weighted by molar-refractivity contribution is 0.0660. The number of anilines is 1. The predicted molar refractivity (Wildman–Crippen MR) is 67.7 cm³/mol. The molecule has 1 heterocycles. The van der Waals surface area contributed by atoms with Crippen LogP contribution in [0.1, 0.15) is 21.1 Å². The number of carbonyl (C=O) groups excluding carboxylic acids is 1. The molecule has 2 aromatic rings. The first-order valence-corrected chi connectivity index (χ1v) is 5.86. The van der Waals surface area contributed by atoms with E-state index in [4.69, 9.17) is 9.52 Å². The number of amides is 1. The molecule has 0 unspecified atom stereocenters. The first kappa shape index (κ1) is 13.3. The maximum atomic E-state index is 12.9. The van der Waals surface area contributed by atoms with Crippen LogP contribution in [-0.4, -0.2) is 17.0 Å². The maximum Gasteiger partial charge on any atom is 0.371 e. The van der Waals surface area contributed by atoms with Crippen LogP contribution in [0.25, 0.3) is 0 Å². The molecule has 1 amide bonds. The number of carboxylic acids is 1. The molecule has 0 atom stereocenters. The van der Waals surface area contributed by atoms with Crippen molar-refractivity contribution in [2.45, 2.75) is 0 Å². The highest BCUT2D eigenvalue weighted by Crippen LogP contribution is 2.23. The lowest BCUT2D eigenvalue weighted by Gasteiger charge is -2.05. The molecule has 98 valence electrons. The van der Waals surface area contributed by atoms with Crippen LogP contribution in [0.15, 0.2) is 39.2 Å². The van der Waals surface area contributed by atoms with Gasteiger partial charge >= 0.3 is 5.97 Å². The summed E-state index contributed by atoms with van der Waals surface area (Å²) in [7, 11) is 0. The third kappa shape index (κ3) is 3.00. The zero-order valence-electron chi connectivity index (χ0n) is 9.31. The molecule has 0 bridgehead atoms. The molecule has 0 aliphatic heterocycles. The molecule has 1 aromatic heterocycles. The molecule has 0 spiro atoms. The first-order chi connectivity index (χ1) is 8.97. The van der Waals surface area contributed by atoms with Gasteiger partial charge in [-0.25, -0.2) is 9.18 Å². The minimum absolute atomic E-state index is 0.145. The normalized spacial score (nSPS) is 10.2. The highest BCUT2D eigenvalue weighted by atomic mass is 79.9. The average Bonchev–Trinajstić information content (AvgIpc) is 2.82. The monoisotopic (exact) mass is 327 g/mol. The molecule has 0 saturated carbocycles. The predicted octanol–water partition coefficient (Wildman–Crippen LogP) is 3.13. The van der Waals surface area contributed by atoms with E-state index in [1.165, 1.54) is 30.3 Å². The summed E-state index contributed by atoms with van der Waals surface area (Å²) in [5.41, 5.74) is 0.347. The van der Waals surface area contributed by atoms with Gasteiger partial charge in [0, 0.05) is 4.47 Å². The van der Waals surface area contributed by atoms with Crippen LogP contribution in [-0.2, 0) is 0 Å². The molecule has 0 fully saturated rings. The quantitative estimate of drug-likeness (QED) is 0.907. The minimum atomic E-state index is -1.26.